The minimum Gasteiger partial charge on any atom is -0.457 e. The van der Waals surface area contributed by atoms with E-state index in [4.69, 9.17) is 4.74 Å². The van der Waals surface area contributed by atoms with Gasteiger partial charge in [-0.2, -0.15) is 0 Å². The highest BCUT2D eigenvalue weighted by atomic mass is 127. The van der Waals surface area contributed by atoms with Crippen molar-refractivity contribution in [2.75, 3.05) is 0 Å². The molecule has 1 aromatic rings. The van der Waals surface area contributed by atoms with Crippen molar-refractivity contribution in [3.8, 4) is 5.75 Å². The zero-order chi connectivity index (χ0) is 10.4. The standard InChI is InChI=1S/C12H11IO/c1-3-6-11(4-2)14-12-8-5-7-10(13)9-12/h3-9H,1-2H2/b11-6+. The minimum atomic E-state index is 0.696. The van der Waals surface area contributed by atoms with E-state index in [-0.39, 0.29) is 0 Å². The second-order valence-corrected chi connectivity index (χ2v) is 3.81. The molecule has 0 spiro atoms. The van der Waals surface area contributed by atoms with E-state index < -0.39 is 0 Å². The highest BCUT2D eigenvalue weighted by Gasteiger charge is 1.96. The third kappa shape index (κ3) is 3.38. The number of hydrogen-bond acceptors (Lipinski definition) is 1. The van der Waals surface area contributed by atoms with Crippen molar-refractivity contribution in [1.29, 1.82) is 0 Å². The summed E-state index contributed by atoms with van der Waals surface area (Å²) in [5.41, 5.74) is 0. The molecule has 14 heavy (non-hydrogen) atoms. The van der Waals surface area contributed by atoms with Crippen LogP contribution in [0.15, 0.2) is 61.4 Å². The maximum atomic E-state index is 5.55. The topological polar surface area (TPSA) is 9.23 Å². The van der Waals surface area contributed by atoms with Crippen molar-refractivity contribution in [2.45, 2.75) is 0 Å². The monoisotopic (exact) mass is 298 g/mol. The molecule has 0 fully saturated rings. The van der Waals surface area contributed by atoms with Crippen molar-refractivity contribution in [2.24, 2.45) is 0 Å². The number of ether oxygens (including phenoxy) is 1. The van der Waals surface area contributed by atoms with Gasteiger partial charge in [-0.3, -0.25) is 0 Å². The van der Waals surface area contributed by atoms with Crippen molar-refractivity contribution >= 4 is 22.6 Å². The molecule has 1 aromatic carbocycles. The van der Waals surface area contributed by atoms with Crippen LogP contribution in [-0.2, 0) is 0 Å². The van der Waals surface area contributed by atoms with Crippen LogP contribution in [0.5, 0.6) is 5.75 Å². The Balaban J connectivity index is 2.82. The van der Waals surface area contributed by atoms with E-state index in [9.17, 15) is 0 Å². The van der Waals surface area contributed by atoms with Gasteiger partial charge in [0.2, 0.25) is 0 Å². The number of benzene rings is 1. The average molecular weight is 298 g/mol. The lowest BCUT2D eigenvalue weighted by molar-refractivity contribution is 0.444. The van der Waals surface area contributed by atoms with E-state index in [1.165, 1.54) is 0 Å². The van der Waals surface area contributed by atoms with E-state index in [2.05, 4.69) is 35.7 Å². The molecule has 0 aliphatic rings. The molecule has 0 saturated heterocycles. The van der Waals surface area contributed by atoms with Crippen LogP contribution >= 0.6 is 22.6 Å². The van der Waals surface area contributed by atoms with Crippen LogP contribution in [0, 0.1) is 3.57 Å². The second kappa shape index (κ2) is 5.65. The van der Waals surface area contributed by atoms with Crippen molar-refractivity contribution < 1.29 is 4.74 Å². The molecule has 2 heteroatoms. The van der Waals surface area contributed by atoms with Crippen LogP contribution in [0.3, 0.4) is 0 Å². The van der Waals surface area contributed by atoms with E-state index in [1.807, 2.05) is 24.3 Å². The molecular weight excluding hydrogens is 287 g/mol. The lowest BCUT2D eigenvalue weighted by Gasteiger charge is -2.05. The Hall–Kier alpha value is -1.03. The van der Waals surface area contributed by atoms with Crippen LogP contribution in [0.25, 0.3) is 0 Å². The van der Waals surface area contributed by atoms with Gasteiger partial charge < -0.3 is 4.74 Å². The molecule has 0 aromatic heterocycles. The largest absolute Gasteiger partial charge is 0.457 e. The van der Waals surface area contributed by atoms with Crippen LogP contribution in [0.2, 0.25) is 0 Å². The fourth-order valence-electron chi connectivity index (χ4n) is 0.926. The predicted molar refractivity (Wildman–Crippen MR) is 68.3 cm³/mol. The molecule has 0 aliphatic carbocycles. The molecule has 0 radical (unpaired) electrons. The molecule has 0 aliphatic heterocycles. The Morgan fingerprint density at radius 2 is 2.14 bits per heavy atom. The number of allylic oxidation sites excluding steroid dienone is 3. The quantitative estimate of drug-likeness (QED) is 0.465. The maximum absolute atomic E-state index is 5.55. The molecule has 0 unspecified atom stereocenters. The van der Waals surface area contributed by atoms with Crippen molar-refractivity contribution in [3.05, 3.63) is 65.0 Å². The zero-order valence-electron chi connectivity index (χ0n) is 7.74. The molecule has 0 bridgehead atoms. The van der Waals surface area contributed by atoms with Gasteiger partial charge in [-0.05, 0) is 52.9 Å². The summed E-state index contributed by atoms with van der Waals surface area (Å²) in [5.74, 6) is 1.51. The Morgan fingerprint density at radius 1 is 1.36 bits per heavy atom. The lowest BCUT2D eigenvalue weighted by atomic mass is 10.3. The first-order valence-corrected chi connectivity index (χ1v) is 5.22. The summed E-state index contributed by atoms with van der Waals surface area (Å²) in [6.07, 6.45) is 5.10. The molecule has 0 N–H and O–H groups in total. The van der Waals surface area contributed by atoms with Gasteiger partial charge in [0.1, 0.15) is 11.5 Å². The highest BCUT2D eigenvalue weighted by molar-refractivity contribution is 14.1. The van der Waals surface area contributed by atoms with E-state index in [0.29, 0.717) is 5.76 Å². The van der Waals surface area contributed by atoms with E-state index in [0.717, 1.165) is 9.32 Å². The molecule has 1 rings (SSSR count). The summed E-state index contributed by atoms with van der Waals surface area (Å²) in [6, 6.07) is 7.83. The van der Waals surface area contributed by atoms with Gasteiger partial charge in [-0.1, -0.05) is 25.3 Å². The first kappa shape index (κ1) is 11.0. The molecule has 72 valence electrons. The first-order valence-electron chi connectivity index (χ1n) is 4.15. The number of halogens is 1. The summed E-state index contributed by atoms with van der Waals surface area (Å²) in [7, 11) is 0. The van der Waals surface area contributed by atoms with E-state index in [1.54, 1.807) is 18.2 Å². The lowest BCUT2D eigenvalue weighted by Crippen LogP contribution is -1.91. The fourth-order valence-corrected chi connectivity index (χ4v) is 1.44. The molecule has 0 heterocycles. The second-order valence-electron chi connectivity index (χ2n) is 2.57. The zero-order valence-corrected chi connectivity index (χ0v) is 9.90. The molecule has 0 amide bonds. The van der Waals surface area contributed by atoms with Gasteiger partial charge in [-0.15, -0.1) is 0 Å². The smallest absolute Gasteiger partial charge is 0.128 e. The summed E-state index contributed by atoms with van der Waals surface area (Å²) >= 11 is 2.24. The van der Waals surface area contributed by atoms with Gasteiger partial charge in [-0.25, -0.2) is 0 Å². The average Bonchev–Trinajstić information content (AvgIpc) is 2.17. The van der Waals surface area contributed by atoms with Gasteiger partial charge in [0.15, 0.2) is 0 Å². The van der Waals surface area contributed by atoms with Gasteiger partial charge >= 0.3 is 0 Å². The Bertz CT molecular complexity index is 366. The number of hydrogen-bond donors (Lipinski definition) is 0. The number of rotatable bonds is 4. The van der Waals surface area contributed by atoms with Crippen LogP contribution in [-0.4, -0.2) is 0 Å². The highest BCUT2D eigenvalue weighted by Crippen LogP contribution is 2.17. The summed E-state index contributed by atoms with van der Waals surface area (Å²) in [5, 5.41) is 0. The normalized spacial score (nSPS) is 10.8. The summed E-state index contributed by atoms with van der Waals surface area (Å²) in [6.45, 7) is 7.26. The molecule has 0 saturated carbocycles. The van der Waals surface area contributed by atoms with Crippen LogP contribution in [0.4, 0.5) is 0 Å². The van der Waals surface area contributed by atoms with Gasteiger partial charge in [0, 0.05) is 3.57 Å². The van der Waals surface area contributed by atoms with Crippen LogP contribution < -0.4 is 4.74 Å². The summed E-state index contributed by atoms with van der Waals surface area (Å²) in [4.78, 5) is 0. The van der Waals surface area contributed by atoms with Crippen LogP contribution in [0.1, 0.15) is 0 Å². The van der Waals surface area contributed by atoms with Crippen molar-refractivity contribution in [1.82, 2.24) is 0 Å². The SMILES string of the molecule is C=C/C=C(\C=C)Oc1cccc(I)c1. The minimum absolute atomic E-state index is 0.696. The Kier molecular flexibility index (Phi) is 4.46. The van der Waals surface area contributed by atoms with Crippen molar-refractivity contribution in [3.63, 3.8) is 0 Å². The molecule has 1 nitrogen and oxygen atoms in total. The van der Waals surface area contributed by atoms with Gasteiger partial charge in [0.25, 0.3) is 0 Å². The third-order valence-electron chi connectivity index (χ3n) is 1.52. The Morgan fingerprint density at radius 3 is 2.71 bits per heavy atom. The Labute approximate surface area is 97.9 Å². The predicted octanol–water partition coefficient (Wildman–Crippen LogP) is 3.93. The summed E-state index contributed by atoms with van der Waals surface area (Å²) < 4.78 is 6.69. The van der Waals surface area contributed by atoms with Gasteiger partial charge in [0.05, 0.1) is 0 Å². The van der Waals surface area contributed by atoms with E-state index >= 15 is 0 Å². The maximum Gasteiger partial charge on any atom is 0.128 e. The molecule has 0 atom stereocenters. The first-order chi connectivity index (χ1) is 6.76. The molecular formula is C12H11IO. The fraction of sp³-hybridized carbons (Fsp3) is 0. The third-order valence-corrected chi connectivity index (χ3v) is 2.19.